The first-order valence-corrected chi connectivity index (χ1v) is 7.21. The lowest BCUT2D eigenvalue weighted by Crippen LogP contribution is -2.63. The van der Waals surface area contributed by atoms with E-state index in [0.29, 0.717) is 6.04 Å². The van der Waals surface area contributed by atoms with Crippen molar-refractivity contribution in [2.75, 3.05) is 20.6 Å². The predicted molar refractivity (Wildman–Crippen MR) is 71.9 cm³/mol. The van der Waals surface area contributed by atoms with Crippen molar-refractivity contribution in [1.82, 2.24) is 20.0 Å². The molecule has 4 aliphatic rings. The molecule has 7 nitrogen and oxygen atoms in total. The first-order valence-electron chi connectivity index (χ1n) is 7.21. The van der Waals surface area contributed by atoms with Crippen LogP contribution in [0.2, 0.25) is 0 Å². The maximum Gasteiger partial charge on any atom is 0.325 e. The Bertz CT molecular complexity index is 519. The van der Waals surface area contributed by atoms with Gasteiger partial charge in [0.05, 0.1) is 0 Å². The number of carbonyl (C=O) groups excluding carboxylic acids is 2. The molecule has 108 valence electrons. The second-order valence-electron chi connectivity index (χ2n) is 6.29. The Hall–Kier alpha value is -1.79. The van der Waals surface area contributed by atoms with Crippen molar-refractivity contribution in [2.45, 2.75) is 37.5 Å². The molecule has 0 spiro atoms. The fourth-order valence-electron chi connectivity index (χ4n) is 4.05. The van der Waals surface area contributed by atoms with Gasteiger partial charge in [-0.15, -0.1) is 0 Å². The first kappa shape index (κ1) is 12.0. The molecule has 3 fully saturated rings. The van der Waals surface area contributed by atoms with Crippen molar-refractivity contribution >= 4 is 17.9 Å². The normalized spacial score (nSPS) is 39.3. The van der Waals surface area contributed by atoms with Gasteiger partial charge in [0.2, 0.25) is 0 Å². The molecule has 0 aromatic carbocycles. The van der Waals surface area contributed by atoms with Crippen LogP contribution in [0.4, 0.5) is 4.79 Å². The lowest BCUT2D eigenvalue weighted by Gasteiger charge is -2.36. The lowest BCUT2D eigenvalue weighted by molar-refractivity contribution is -0.126. The van der Waals surface area contributed by atoms with E-state index in [1.54, 1.807) is 7.05 Å². The van der Waals surface area contributed by atoms with E-state index in [2.05, 4.69) is 15.2 Å². The molecule has 0 aromatic heterocycles. The quantitative estimate of drug-likeness (QED) is 0.657. The summed E-state index contributed by atoms with van der Waals surface area (Å²) in [5.74, 6) is 1.40. The molecule has 1 aliphatic carbocycles. The summed E-state index contributed by atoms with van der Waals surface area (Å²) in [6.45, 7) is 1.03. The van der Waals surface area contributed by atoms with Crippen molar-refractivity contribution in [1.29, 1.82) is 0 Å². The van der Waals surface area contributed by atoms with Crippen molar-refractivity contribution in [2.24, 2.45) is 10.9 Å². The maximum absolute atomic E-state index is 12.1. The van der Waals surface area contributed by atoms with E-state index < -0.39 is 12.2 Å². The largest absolute Gasteiger partial charge is 0.339 e. The molecular formula is C13H19N5O2. The van der Waals surface area contributed by atoms with Crippen LogP contribution in [0.25, 0.3) is 0 Å². The number of hydrogen-bond acceptors (Lipinski definition) is 5. The Morgan fingerprint density at radius 2 is 2.00 bits per heavy atom. The van der Waals surface area contributed by atoms with Gasteiger partial charge in [-0.2, -0.15) is 0 Å². The highest BCUT2D eigenvalue weighted by Gasteiger charge is 2.50. The minimum Gasteiger partial charge on any atom is -0.339 e. The van der Waals surface area contributed by atoms with Gasteiger partial charge in [0.15, 0.2) is 18.2 Å². The molecule has 4 atom stereocenters. The number of piperidine rings is 1. The Morgan fingerprint density at radius 3 is 2.65 bits per heavy atom. The molecule has 4 rings (SSSR count). The third kappa shape index (κ3) is 1.43. The van der Waals surface area contributed by atoms with E-state index >= 15 is 0 Å². The van der Waals surface area contributed by atoms with E-state index in [1.165, 1.54) is 24.2 Å². The number of aliphatic imine (C=N–C) groups is 1. The average molecular weight is 277 g/mol. The summed E-state index contributed by atoms with van der Waals surface area (Å²) < 4.78 is 0. The van der Waals surface area contributed by atoms with E-state index in [-0.39, 0.29) is 11.9 Å². The fourth-order valence-corrected chi connectivity index (χ4v) is 4.05. The van der Waals surface area contributed by atoms with E-state index in [1.807, 2.05) is 11.9 Å². The lowest BCUT2D eigenvalue weighted by atomic mass is 10.1. The predicted octanol–water partition coefficient (Wildman–Crippen LogP) is -0.352. The summed E-state index contributed by atoms with van der Waals surface area (Å²) in [4.78, 5) is 34.2. The zero-order chi connectivity index (χ0) is 14.0. The molecule has 4 unspecified atom stereocenters. The van der Waals surface area contributed by atoms with Gasteiger partial charge in [0, 0.05) is 26.7 Å². The van der Waals surface area contributed by atoms with Gasteiger partial charge in [0.25, 0.3) is 5.91 Å². The molecule has 3 aliphatic heterocycles. The second-order valence-corrected chi connectivity index (χ2v) is 6.29. The van der Waals surface area contributed by atoms with Crippen LogP contribution in [0.3, 0.4) is 0 Å². The summed E-state index contributed by atoms with van der Waals surface area (Å²) in [5.41, 5.74) is 0. The number of fused-ring (bicyclic) bond motifs is 3. The Morgan fingerprint density at radius 1 is 1.20 bits per heavy atom. The smallest absolute Gasteiger partial charge is 0.325 e. The fraction of sp³-hybridized carbons (Fsp3) is 0.769. The van der Waals surface area contributed by atoms with Crippen LogP contribution in [-0.4, -0.2) is 71.5 Å². The Kier molecular flexibility index (Phi) is 2.32. The van der Waals surface area contributed by atoms with Gasteiger partial charge >= 0.3 is 6.03 Å². The van der Waals surface area contributed by atoms with Gasteiger partial charge in [-0.05, 0) is 25.2 Å². The first-order chi connectivity index (χ1) is 9.56. The Labute approximate surface area is 117 Å². The van der Waals surface area contributed by atoms with Crippen LogP contribution in [0, 0.1) is 5.92 Å². The van der Waals surface area contributed by atoms with Gasteiger partial charge < -0.3 is 14.7 Å². The SMILES string of the molecule is CN1C(=O)NC(=O)C2C1N=C(N1CC3CCC1C3)N2C. The summed E-state index contributed by atoms with van der Waals surface area (Å²) in [6.07, 6.45) is 3.37. The molecule has 7 heteroatoms. The third-order valence-electron chi connectivity index (χ3n) is 5.14. The third-order valence-corrected chi connectivity index (χ3v) is 5.14. The van der Waals surface area contributed by atoms with E-state index in [0.717, 1.165) is 18.4 Å². The highest BCUT2D eigenvalue weighted by molar-refractivity contribution is 6.03. The highest BCUT2D eigenvalue weighted by atomic mass is 16.2. The summed E-state index contributed by atoms with van der Waals surface area (Å²) in [6, 6.07) is -0.199. The summed E-state index contributed by atoms with van der Waals surface area (Å²) >= 11 is 0. The molecule has 0 aromatic rings. The minimum absolute atomic E-state index is 0.247. The van der Waals surface area contributed by atoms with Gasteiger partial charge in [-0.1, -0.05) is 0 Å². The van der Waals surface area contributed by atoms with Gasteiger partial charge in [-0.25, -0.2) is 9.79 Å². The van der Waals surface area contributed by atoms with E-state index in [9.17, 15) is 9.59 Å². The second kappa shape index (κ2) is 3.86. The number of amides is 3. The molecule has 1 saturated carbocycles. The average Bonchev–Trinajstić information content (AvgIpc) is 3.09. The zero-order valence-electron chi connectivity index (χ0n) is 11.7. The number of nitrogens with zero attached hydrogens (tertiary/aromatic N) is 4. The van der Waals surface area contributed by atoms with Crippen molar-refractivity contribution in [3.8, 4) is 0 Å². The standard InChI is InChI=1S/C13H19N5O2/c1-16-9-10(17(2)13(20)15-11(9)19)14-12(16)18-6-7-3-4-8(18)5-7/h7-10H,3-6H2,1-2H3,(H,15,19,20). The van der Waals surface area contributed by atoms with Crippen molar-refractivity contribution in [3.63, 3.8) is 0 Å². The number of likely N-dealkylation sites (tertiary alicyclic amines) is 1. The molecule has 2 saturated heterocycles. The number of urea groups is 1. The number of carbonyl (C=O) groups is 2. The molecular weight excluding hydrogens is 258 g/mol. The number of rotatable bonds is 0. The van der Waals surface area contributed by atoms with Crippen LogP contribution >= 0.6 is 0 Å². The number of likely N-dealkylation sites (N-methyl/N-ethyl adjacent to an activating group) is 2. The van der Waals surface area contributed by atoms with Crippen molar-refractivity contribution < 1.29 is 9.59 Å². The molecule has 20 heavy (non-hydrogen) atoms. The summed E-state index contributed by atoms with van der Waals surface area (Å²) in [5, 5.41) is 2.39. The molecule has 3 heterocycles. The van der Waals surface area contributed by atoms with Crippen molar-refractivity contribution in [3.05, 3.63) is 0 Å². The maximum atomic E-state index is 12.1. The minimum atomic E-state index is -0.396. The number of guanidine groups is 1. The Balaban J connectivity index is 1.65. The number of nitrogens with one attached hydrogen (secondary N) is 1. The van der Waals surface area contributed by atoms with Crippen LogP contribution < -0.4 is 5.32 Å². The number of imide groups is 1. The van der Waals surface area contributed by atoms with E-state index in [4.69, 9.17) is 0 Å². The van der Waals surface area contributed by atoms with Crippen LogP contribution in [0.15, 0.2) is 4.99 Å². The molecule has 0 radical (unpaired) electrons. The number of hydrogen-bond donors (Lipinski definition) is 1. The molecule has 3 amide bonds. The van der Waals surface area contributed by atoms with Gasteiger partial charge in [-0.3, -0.25) is 10.1 Å². The van der Waals surface area contributed by atoms with Crippen LogP contribution in [0.1, 0.15) is 19.3 Å². The molecule has 2 bridgehead atoms. The highest BCUT2D eigenvalue weighted by Crippen LogP contribution is 2.39. The van der Waals surface area contributed by atoms with Crippen LogP contribution in [0.5, 0.6) is 0 Å². The summed E-state index contributed by atoms with van der Waals surface area (Å²) in [7, 11) is 3.59. The molecule has 1 N–H and O–H groups in total. The van der Waals surface area contributed by atoms with Gasteiger partial charge in [0.1, 0.15) is 0 Å². The monoisotopic (exact) mass is 277 g/mol. The van der Waals surface area contributed by atoms with Crippen LogP contribution in [-0.2, 0) is 4.79 Å². The topological polar surface area (TPSA) is 68.2 Å². The zero-order valence-corrected chi connectivity index (χ0v) is 11.7.